The van der Waals surface area contributed by atoms with Gasteiger partial charge >= 0.3 is 0 Å². The molecule has 1 atom stereocenters. The van der Waals surface area contributed by atoms with E-state index in [0.29, 0.717) is 34.9 Å². The summed E-state index contributed by atoms with van der Waals surface area (Å²) < 4.78 is 62.3. The molecule has 3 saturated heterocycles. The van der Waals surface area contributed by atoms with E-state index in [4.69, 9.17) is 4.74 Å². The third kappa shape index (κ3) is 12.9. The molecular formula is C47H72FN5O4S2. The van der Waals surface area contributed by atoms with Crippen molar-refractivity contribution in [3.63, 3.8) is 0 Å². The standard InChI is InChI=1S/C47H72FN5O4S2/c1-4-5-6-7-8-9-10-11-12-13-14-15-16-17-34-57-40-18-21-46(43(48)35-40)59(55,56)47-37-45(42-36-41(58(3)54)19-20-44(42)49-47)53-28-24-38(25-29-53)51-26-22-39(23-27-51)52-32-30-50(2)31-33-52/h18-21,35-39H,4-17,22-34H2,1-3H3. The third-order valence-corrected chi connectivity index (χ3v) is 15.8. The molecule has 59 heavy (non-hydrogen) atoms. The highest BCUT2D eigenvalue weighted by molar-refractivity contribution is 7.91. The van der Waals surface area contributed by atoms with E-state index in [1.165, 1.54) is 102 Å². The van der Waals surface area contributed by atoms with Crippen LogP contribution in [0.1, 0.15) is 122 Å². The quantitative estimate of drug-likeness (QED) is 0.0919. The first-order chi connectivity index (χ1) is 28.6. The molecule has 12 heteroatoms. The fourth-order valence-electron chi connectivity index (χ4n) is 9.41. The predicted octanol–water partition coefficient (Wildman–Crippen LogP) is 9.48. The molecule has 3 fully saturated rings. The zero-order valence-corrected chi connectivity index (χ0v) is 38.0. The van der Waals surface area contributed by atoms with Gasteiger partial charge in [-0.2, -0.15) is 0 Å². The SMILES string of the molecule is CCCCCCCCCCCCCCCCOc1ccc(S(=O)(=O)c2cc(N3CCC(N4CCC(N5CCN(C)CC5)CC4)CC3)c3cc(S(C)=O)ccc3n2)c(F)c1. The van der Waals surface area contributed by atoms with Gasteiger partial charge in [-0.1, -0.05) is 90.4 Å². The second-order valence-corrected chi connectivity index (χ2v) is 20.7. The average molecular weight is 854 g/mol. The summed E-state index contributed by atoms with van der Waals surface area (Å²) in [4.78, 5) is 14.8. The zero-order valence-electron chi connectivity index (χ0n) is 36.4. The van der Waals surface area contributed by atoms with E-state index >= 15 is 4.39 Å². The molecule has 0 radical (unpaired) electrons. The summed E-state index contributed by atoms with van der Waals surface area (Å²) in [6, 6.07) is 12.1. The Morgan fingerprint density at radius 2 is 1.27 bits per heavy atom. The Labute approximate surface area is 357 Å². The largest absolute Gasteiger partial charge is 0.493 e. The van der Waals surface area contributed by atoms with Gasteiger partial charge in [0, 0.05) is 90.4 Å². The Kier molecular flexibility index (Phi) is 17.9. The van der Waals surface area contributed by atoms with Crippen LogP contribution >= 0.6 is 0 Å². The van der Waals surface area contributed by atoms with Gasteiger partial charge in [-0.05, 0) is 88.6 Å². The summed E-state index contributed by atoms with van der Waals surface area (Å²) in [5, 5.41) is 0.573. The third-order valence-electron chi connectivity index (χ3n) is 13.2. The summed E-state index contributed by atoms with van der Waals surface area (Å²) in [7, 11) is -3.32. The number of hydrogen-bond acceptors (Lipinski definition) is 9. The molecule has 0 bridgehead atoms. The lowest BCUT2D eigenvalue weighted by Gasteiger charge is -2.45. The van der Waals surface area contributed by atoms with E-state index < -0.39 is 31.3 Å². The number of likely N-dealkylation sites (N-methyl/N-ethyl adjacent to an activating group) is 1. The van der Waals surface area contributed by atoms with Crippen LogP contribution < -0.4 is 9.64 Å². The number of nitrogens with zero attached hydrogens (tertiary/aromatic N) is 5. The van der Waals surface area contributed by atoms with E-state index in [0.717, 1.165) is 89.1 Å². The molecule has 6 rings (SSSR count). The second-order valence-electron chi connectivity index (χ2n) is 17.5. The summed E-state index contributed by atoms with van der Waals surface area (Å²) in [6.45, 7) is 11.1. The van der Waals surface area contributed by atoms with Crippen LogP contribution in [0.5, 0.6) is 5.75 Å². The number of likely N-dealkylation sites (tertiary alicyclic amines) is 1. The van der Waals surface area contributed by atoms with Gasteiger partial charge in [-0.3, -0.25) is 9.11 Å². The van der Waals surface area contributed by atoms with Crippen molar-refractivity contribution in [2.75, 3.05) is 77.2 Å². The van der Waals surface area contributed by atoms with Crippen LogP contribution in [-0.2, 0) is 20.6 Å². The molecule has 2 aromatic carbocycles. The Morgan fingerprint density at radius 1 is 0.712 bits per heavy atom. The van der Waals surface area contributed by atoms with Gasteiger partial charge in [0.15, 0.2) is 5.03 Å². The first kappa shape index (κ1) is 45.9. The van der Waals surface area contributed by atoms with Crippen molar-refractivity contribution in [2.24, 2.45) is 0 Å². The van der Waals surface area contributed by atoms with Crippen LogP contribution in [0.3, 0.4) is 0 Å². The van der Waals surface area contributed by atoms with Crippen LogP contribution in [0.2, 0.25) is 0 Å². The van der Waals surface area contributed by atoms with Gasteiger partial charge in [0.05, 0.1) is 12.1 Å². The molecular weight excluding hydrogens is 782 g/mol. The maximum absolute atomic E-state index is 15.7. The van der Waals surface area contributed by atoms with Gasteiger partial charge < -0.3 is 19.4 Å². The second kappa shape index (κ2) is 23.0. The highest BCUT2D eigenvalue weighted by atomic mass is 32.2. The van der Waals surface area contributed by atoms with Crippen molar-refractivity contribution in [3.8, 4) is 5.75 Å². The molecule has 0 aliphatic carbocycles. The molecule has 0 saturated carbocycles. The number of aromatic nitrogens is 1. The van der Waals surface area contributed by atoms with Crippen molar-refractivity contribution in [3.05, 3.63) is 48.3 Å². The van der Waals surface area contributed by atoms with E-state index in [2.05, 4.69) is 38.6 Å². The molecule has 3 aliphatic heterocycles. The van der Waals surface area contributed by atoms with Crippen molar-refractivity contribution < 1.29 is 21.8 Å². The molecule has 4 heterocycles. The highest BCUT2D eigenvalue weighted by Gasteiger charge is 2.33. The van der Waals surface area contributed by atoms with Gasteiger partial charge in [-0.25, -0.2) is 17.8 Å². The Hall–Kier alpha value is -2.64. The number of hydrogen-bond donors (Lipinski definition) is 0. The Bertz CT molecular complexity index is 1890. The number of fused-ring (bicyclic) bond motifs is 1. The Balaban J connectivity index is 1.02. The first-order valence-corrected chi connectivity index (χ1v) is 26.1. The molecule has 1 unspecified atom stereocenters. The summed E-state index contributed by atoms with van der Waals surface area (Å²) in [6.07, 6.45) is 23.8. The summed E-state index contributed by atoms with van der Waals surface area (Å²) >= 11 is 0. The van der Waals surface area contributed by atoms with Crippen LogP contribution in [0.4, 0.5) is 10.1 Å². The summed E-state index contributed by atoms with van der Waals surface area (Å²) in [5.74, 6) is -0.518. The van der Waals surface area contributed by atoms with Crippen LogP contribution in [0.25, 0.3) is 10.9 Å². The molecule has 0 N–H and O–H groups in total. The maximum atomic E-state index is 15.7. The summed E-state index contributed by atoms with van der Waals surface area (Å²) in [5.41, 5.74) is 1.22. The number of pyridine rings is 1. The lowest BCUT2D eigenvalue weighted by atomic mass is 9.96. The molecule has 0 amide bonds. The highest BCUT2D eigenvalue weighted by Crippen LogP contribution is 2.36. The van der Waals surface area contributed by atoms with E-state index in [1.807, 2.05) is 6.07 Å². The molecule has 0 spiro atoms. The van der Waals surface area contributed by atoms with Crippen molar-refractivity contribution in [1.29, 1.82) is 0 Å². The number of halogens is 1. The molecule has 3 aliphatic rings. The van der Waals surface area contributed by atoms with Gasteiger partial charge in [0.25, 0.3) is 0 Å². The monoisotopic (exact) mass is 854 g/mol. The predicted molar refractivity (Wildman–Crippen MR) is 241 cm³/mol. The van der Waals surface area contributed by atoms with Crippen LogP contribution in [0, 0.1) is 5.82 Å². The van der Waals surface area contributed by atoms with Crippen LogP contribution in [0.15, 0.2) is 57.3 Å². The topological polar surface area (TPSA) is 86.3 Å². The van der Waals surface area contributed by atoms with E-state index in [1.54, 1.807) is 30.5 Å². The molecule has 3 aromatic rings. The first-order valence-electron chi connectivity index (χ1n) is 23.0. The minimum atomic E-state index is -4.31. The number of sulfone groups is 1. The fraction of sp³-hybridized carbons (Fsp3) is 0.681. The minimum Gasteiger partial charge on any atom is -0.493 e. The maximum Gasteiger partial charge on any atom is 0.226 e. The molecule has 9 nitrogen and oxygen atoms in total. The minimum absolute atomic E-state index is 0.187. The lowest BCUT2D eigenvalue weighted by molar-refractivity contribution is 0.0495. The number of piperidine rings is 2. The average Bonchev–Trinajstić information content (AvgIpc) is 3.24. The van der Waals surface area contributed by atoms with E-state index in [9.17, 15) is 12.6 Å². The van der Waals surface area contributed by atoms with Gasteiger partial charge in [0.2, 0.25) is 9.84 Å². The lowest BCUT2D eigenvalue weighted by Crippen LogP contribution is -2.54. The van der Waals surface area contributed by atoms with Crippen molar-refractivity contribution in [1.82, 2.24) is 19.7 Å². The Morgan fingerprint density at radius 3 is 1.85 bits per heavy atom. The number of rotatable bonds is 22. The van der Waals surface area contributed by atoms with Gasteiger partial charge in [-0.15, -0.1) is 0 Å². The number of benzene rings is 2. The van der Waals surface area contributed by atoms with Crippen LogP contribution in [-0.4, -0.2) is 117 Å². The number of ether oxygens (including phenoxy) is 1. The van der Waals surface area contributed by atoms with Crippen molar-refractivity contribution in [2.45, 2.75) is 149 Å². The number of anilines is 1. The number of unbranched alkanes of at least 4 members (excludes halogenated alkanes) is 13. The molecule has 1 aromatic heterocycles. The van der Waals surface area contributed by atoms with Crippen molar-refractivity contribution >= 4 is 37.2 Å². The number of piperazine rings is 1. The smallest absolute Gasteiger partial charge is 0.226 e. The zero-order chi connectivity index (χ0) is 41.6. The van der Waals surface area contributed by atoms with E-state index in [-0.39, 0.29) is 5.03 Å². The normalized spacial score (nSPS) is 18.8. The van der Waals surface area contributed by atoms with Gasteiger partial charge in [0.1, 0.15) is 16.5 Å². The fourth-order valence-corrected chi connectivity index (χ4v) is 11.2. The molecule has 328 valence electrons.